The summed E-state index contributed by atoms with van der Waals surface area (Å²) < 4.78 is 5.61. The SMILES string of the molecule is C=CCCCC(NC)C(OC)C(C)(C)C. The molecule has 0 amide bonds. The van der Waals surface area contributed by atoms with Crippen molar-refractivity contribution < 1.29 is 4.74 Å². The fourth-order valence-corrected chi connectivity index (χ4v) is 2.05. The van der Waals surface area contributed by atoms with E-state index in [1.807, 2.05) is 13.1 Å². The van der Waals surface area contributed by atoms with Crippen molar-refractivity contribution in [3.05, 3.63) is 12.7 Å². The predicted molar refractivity (Wildman–Crippen MR) is 67.1 cm³/mol. The molecule has 90 valence electrons. The second kappa shape index (κ2) is 7.02. The normalized spacial score (nSPS) is 16.1. The van der Waals surface area contributed by atoms with Gasteiger partial charge in [-0.15, -0.1) is 6.58 Å². The molecule has 0 rings (SSSR count). The monoisotopic (exact) mass is 213 g/mol. The van der Waals surface area contributed by atoms with E-state index in [1.165, 1.54) is 6.42 Å². The van der Waals surface area contributed by atoms with Crippen LogP contribution in [-0.4, -0.2) is 26.3 Å². The van der Waals surface area contributed by atoms with E-state index in [9.17, 15) is 0 Å². The van der Waals surface area contributed by atoms with E-state index in [4.69, 9.17) is 4.74 Å². The summed E-state index contributed by atoms with van der Waals surface area (Å²) in [6.07, 6.45) is 5.63. The number of hydrogen-bond acceptors (Lipinski definition) is 2. The van der Waals surface area contributed by atoms with Crippen molar-refractivity contribution >= 4 is 0 Å². The summed E-state index contributed by atoms with van der Waals surface area (Å²) in [5.41, 5.74) is 0.177. The van der Waals surface area contributed by atoms with Crippen LogP contribution in [0.3, 0.4) is 0 Å². The van der Waals surface area contributed by atoms with E-state index in [-0.39, 0.29) is 11.5 Å². The van der Waals surface area contributed by atoms with Crippen LogP contribution in [0.25, 0.3) is 0 Å². The molecule has 0 saturated heterocycles. The van der Waals surface area contributed by atoms with Crippen molar-refractivity contribution in [2.75, 3.05) is 14.2 Å². The minimum absolute atomic E-state index is 0.177. The Morgan fingerprint density at radius 3 is 2.33 bits per heavy atom. The Labute approximate surface area is 95.1 Å². The van der Waals surface area contributed by atoms with Crippen LogP contribution >= 0.6 is 0 Å². The highest BCUT2D eigenvalue weighted by molar-refractivity contribution is 4.85. The van der Waals surface area contributed by atoms with E-state index in [2.05, 4.69) is 32.7 Å². The number of allylic oxidation sites excluding steroid dienone is 1. The molecule has 2 nitrogen and oxygen atoms in total. The minimum atomic E-state index is 0.177. The maximum Gasteiger partial charge on any atom is 0.0772 e. The molecule has 0 saturated carbocycles. The van der Waals surface area contributed by atoms with Crippen LogP contribution in [0.5, 0.6) is 0 Å². The van der Waals surface area contributed by atoms with Crippen LogP contribution in [-0.2, 0) is 4.74 Å². The molecule has 1 N–H and O–H groups in total. The van der Waals surface area contributed by atoms with Crippen molar-refractivity contribution in [1.29, 1.82) is 0 Å². The Hall–Kier alpha value is -0.340. The number of unbranched alkanes of at least 4 members (excludes halogenated alkanes) is 1. The first kappa shape index (κ1) is 14.7. The van der Waals surface area contributed by atoms with Crippen LogP contribution in [0.2, 0.25) is 0 Å². The first-order chi connectivity index (χ1) is 6.97. The third-order valence-electron chi connectivity index (χ3n) is 2.77. The number of nitrogens with one attached hydrogen (secondary N) is 1. The largest absolute Gasteiger partial charge is 0.379 e. The predicted octanol–water partition coefficient (Wildman–Crippen LogP) is 2.99. The van der Waals surface area contributed by atoms with Crippen LogP contribution in [0.15, 0.2) is 12.7 Å². The maximum absolute atomic E-state index is 5.61. The van der Waals surface area contributed by atoms with Gasteiger partial charge in [0.1, 0.15) is 0 Å². The molecule has 0 aromatic rings. The Morgan fingerprint density at radius 1 is 1.40 bits per heavy atom. The molecule has 0 aliphatic heterocycles. The smallest absolute Gasteiger partial charge is 0.0772 e. The molecule has 0 aromatic carbocycles. The Balaban J connectivity index is 4.27. The van der Waals surface area contributed by atoms with Gasteiger partial charge in [-0.2, -0.15) is 0 Å². The molecule has 15 heavy (non-hydrogen) atoms. The molecule has 0 aromatic heterocycles. The summed E-state index contributed by atoms with van der Waals surface area (Å²) in [5, 5.41) is 3.36. The molecule has 2 heteroatoms. The number of rotatable bonds is 7. The van der Waals surface area contributed by atoms with E-state index >= 15 is 0 Å². The van der Waals surface area contributed by atoms with E-state index in [1.54, 1.807) is 7.11 Å². The average Bonchev–Trinajstić information content (AvgIpc) is 2.14. The highest BCUT2D eigenvalue weighted by Crippen LogP contribution is 2.26. The fourth-order valence-electron chi connectivity index (χ4n) is 2.05. The molecule has 0 bridgehead atoms. The second-order valence-corrected chi connectivity index (χ2v) is 5.14. The number of likely N-dealkylation sites (N-methyl/N-ethyl adjacent to an activating group) is 1. The summed E-state index contributed by atoms with van der Waals surface area (Å²) in [5.74, 6) is 0. The third-order valence-corrected chi connectivity index (χ3v) is 2.77. The van der Waals surface area contributed by atoms with Gasteiger partial charge in [-0.25, -0.2) is 0 Å². The van der Waals surface area contributed by atoms with Gasteiger partial charge in [-0.3, -0.25) is 0 Å². The van der Waals surface area contributed by atoms with Crippen LogP contribution in [0.4, 0.5) is 0 Å². The summed E-state index contributed by atoms with van der Waals surface area (Å²) in [4.78, 5) is 0. The van der Waals surface area contributed by atoms with Crippen molar-refractivity contribution in [3.8, 4) is 0 Å². The minimum Gasteiger partial charge on any atom is -0.379 e. The average molecular weight is 213 g/mol. The van der Waals surface area contributed by atoms with Crippen molar-refractivity contribution in [2.24, 2.45) is 5.41 Å². The van der Waals surface area contributed by atoms with Crippen LogP contribution < -0.4 is 5.32 Å². The zero-order valence-corrected chi connectivity index (χ0v) is 11.0. The lowest BCUT2D eigenvalue weighted by molar-refractivity contribution is -0.0117. The quantitative estimate of drug-likeness (QED) is 0.518. The molecule has 0 radical (unpaired) electrons. The molecule has 0 fully saturated rings. The Morgan fingerprint density at radius 2 is 2.00 bits per heavy atom. The van der Waals surface area contributed by atoms with E-state index < -0.39 is 0 Å². The Bertz CT molecular complexity index is 172. The lowest BCUT2D eigenvalue weighted by Gasteiger charge is -2.36. The highest BCUT2D eigenvalue weighted by Gasteiger charge is 2.30. The lowest BCUT2D eigenvalue weighted by Crippen LogP contribution is -2.46. The standard InChI is InChI=1S/C13H27NO/c1-7-8-9-10-11(14-5)12(15-6)13(2,3)4/h7,11-12,14H,1,8-10H2,2-6H3. The van der Waals surface area contributed by atoms with Gasteiger partial charge in [0.05, 0.1) is 6.10 Å². The molecular formula is C13H27NO. The first-order valence-corrected chi connectivity index (χ1v) is 5.78. The topological polar surface area (TPSA) is 21.3 Å². The third kappa shape index (κ3) is 5.33. The van der Waals surface area contributed by atoms with Gasteiger partial charge < -0.3 is 10.1 Å². The zero-order chi connectivity index (χ0) is 11.9. The number of ether oxygens (including phenoxy) is 1. The zero-order valence-electron chi connectivity index (χ0n) is 11.0. The van der Waals surface area contributed by atoms with Crippen molar-refractivity contribution in [1.82, 2.24) is 5.32 Å². The molecular weight excluding hydrogens is 186 g/mol. The summed E-state index contributed by atoms with van der Waals surface area (Å²) in [7, 11) is 3.81. The van der Waals surface area contributed by atoms with Gasteiger partial charge in [0.15, 0.2) is 0 Å². The summed E-state index contributed by atoms with van der Waals surface area (Å²) >= 11 is 0. The maximum atomic E-state index is 5.61. The van der Waals surface area contributed by atoms with Crippen LogP contribution in [0, 0.1) is 5.41 Å². The first-order valence-electron chi connectivity index (χ1n) is 5.78. The van der Waals surface area contributed by atoms with Crippen molar-refractivity contribution in [3.63, 3.8) is 0 Å². The second-order valence-electron chi connectivity index (χ2n) is 5.14. The van der Waals surface area contributed by atoms with Crippen LogP contribution in [0.1, 0.15) is 40.0 Å². The van der Waals surface area contributed by atoms with Gasteiger partial charge >= 0.3 is 0 Å². The number of hydrogen-bond donors (Lipinski definition) is 1. The Kier molecular flexibility index (Phi) is 6.86. The summed E-state index contributed by atoms with van der Waals surface area (Å²) in [6, 6.07) is 0.426. The molecule has 2 atom stereocenters. The summed E-state index contributed by atoms with van der Waals surface area (Å²) in [6.45, 7) is 10.4. The highest BCUT2D eigenvalue weighted by atomic mass is 16.5. The van der Waals surface area contributed by atoms with Gasteiger partial charge in [0.2, 0.25) is 0 Å². The number of methoxy groups -OCH3 is 1. The van der Waals surface area contributed by atoms with E-state index in [0.717, 1.165) is 12.8 Å². The molecule has 2 unspecified atom stereocenters. The lowest BCUT2D eigenvalue weighted by atomic mass is 9.83. The van der Waals surface area contributed by atoms with Gasteiger partial charge in [0.25, 0.3) is 0 Å². The molecule has 0 heterocycles. The van der Waals surface area contributed by atoms with Gasteiger partial charge in [-0.05, 0) is 31.7 Å². The molecule has 0 spiro atoms. The van der Waals surface area contributed by atoms with Crippen molar-refractivity contribution in [2.45, 2.75) is 52.2 Å². The van der Waals surface area contributed by atoms with E-state index in [0.29, 0.717) is 6.04 Å². The fraction of sp³-hybridized carbons (Fsp3) is 0.846. The van der Waals surface area contributed by atoms with Gasteiger partial charge in [-0.1, -0.05) is 26.8 Å². The van der Waals surface area contributed by atoms with Gasteiger partial charge in [0, 0.05) is 13.2 Å². The molecule has 0 aliphatic carbocycles. The molecule has 0 aliphatic rings.